The fourth-order valence-corrected chi connectivity index (χ4v) is 4.03. The van der Waals surface area contributed by atoms with E-state index >= 15 is 4.39 Å². The highest BCUT2D eigenvalue weighted by atomic mass is 19.3. The fourth-order valence-electron chi connectivity index (χ4n) is 4.03. The molecule has 3 aromatic rings. The molecule has 0 fully saturated rings. The highest BCUT2D eigenvalue weighted by molar-refractivity contribution is 6.06. The van der Waals surface area contributed by atoms with E-state index in [0.717, 1.165) is 24.8 Å². The number of rotatable bonds is 7. The first-order chi connectivity index (χ1) is 15.0. The number of furan rings is 1. The Labute approximate surface area is 176 Å². The van der Waals surface area contributed by atoms with Gasteiger partial charge in [-0.05, 0) is 55.0 Å². The molecule has 1 aliphatic carbocycles. The Kier molecular flexibility index (Phi) is 6.20. The Bertz CT molecular complexity index is 1160. The van der Waals surface area contributed by atoms with Crippen LogP contribution in [0.4, 0.5) is 17.6 Å². The average Bonchev–Trinajstić information content (AvgIpc) is 3.14. The zero-order valence-corrected chi connectivity index (χ0v) is 17.0. The second kappa shape index (κ2) is 9.04. The van der Waals surface area contributed by atoms with Crippen molar-refractivity contribution in [3.63, 3.8) is 0 Å². The molecule has 0 saturated carbocycles. The summed E-state index contributed by atoms with van der Waals surface area (Å²) in [5.74, 6) is -1.44. The van der Waals surface area contributed by atoms with Crippen molar-refractivity contribution in [3.8, 4) is 11.5 Å². The maximum absolute atomic E-state index is 15.0. The third-order valence-electron chi connectivity index (χ3n) is 5.62. The number of benzene rings is 2. The van der Waals surface area contributed by atoms with E-state index in [0.29, 0.717) is 16.7 Å². The van der Waals surface area contributed by atoms with Crippen LogP contribution in [0, 0.1) is 17.6 Å². The van der Waals surface area contributed by atoms with Gasteiger partial charge in [-0.15, -0.1) is 0 Å². The molecule has 0 aliphatic heterocycles. The van der Waals surface area contributed by atoms with Gasteiger partial charge in [0.15, 0.2) is 28.9 Å². The van der Waals surface area contributed by atoms with Crippen molar-refractivity contribution in [2.45, 2.75) is 39.0 Å². The zero-order valence-electron chi connectivity index (χ0n) is 17.0. The second-order valence-corrected chi connectivity index (χ2v) is 7.72. The molecule has 31 heavy (non-hydrogen) atoms. The normalized spacial score (nSPS) is 16.4. The van der Waals surface area contributed by atoms with Crippen molar-refractivity contribution in [1.82, 2.24) is 0 Å². The lowest BCUT2D eigenvalue weighted by Crippen LogP contribution is -2.10. The molecule has 4 rings (SSSR count). The van der Waals surface area contributed by atoms with Gasteiger partial charge in [-0.2, -0.15) is 17.6 Å². The molecule has 1 aliphatic rings. The number of allylic oxidation sites excluding steroid dienone is 1. The maximum Gasteiger partial charge on any atom is 0.305 e. The first kappa shape index (κ1) is 21.3. The van der Waals surface area contributed by atoms with E-state index in [1.165, 1.54) is 31.0 Å². The van der Waals surface area contributed by atoms with Crippen LogP contribution in [0.5, 0.6) is 11.5 Å². The van der Waals surface area contributed by atoms with E-state index in [4.69, 9.17) is 9.15 Å². The molecular formula is C24H22F4O3. The van der Waals surface area contributed by atoms with Crippen molar-refractivity contribution in [3.05, 3.63) is 59.9 Å². The summed E-state index contributed by atoms with van der Waals surface area (Å²) < 4.78 is 69.7. The van der Waals surface area contributed by atoms with Crippen molar-refractivity contribution in [1.29, 1.82) is 0 Å². The monoisotopic (exact) mass is 434 g/mol. The molecule has 0 radical (unpaired) electrons. The topological polar surface area (TPSA) is 31.6 Å². The van der Waals surface area contributed by atoms with Crippen LogP contribution in [0.15, 0.2) is 52.7 Å². The van der Waals surface area contributed by atoms with Crippen LogP contribution >= 0.6 is 0 Å². The summed E-state index contributed by atoms with van der Waals surface area (Å²) in [4.78, 5) is 0. The standard InChI is InChI=1S/C24H22F4O3/c1-2-3-14-4-6-15(7-5-14)12-29-18-10-8-16-17-9-11-19(30-13-20(25)26)22(28)24(17)31-23(16)21(18)27/h6,8-11,13-14H,2-5,7,12H2,1H3. The summed E-state index contributed by atoms with van der Waals surface area (Å²) in [6, 6.07) is 5.70. The van der Waals surface area contributed by atoms with Gasteiger partial charge < -0.3 is 13.9 Å². The first-order valence-corrected chi connectivity index (χ1v) is 10.3. The minimum absolute atomic E-state index is 0.0162. The lowest BCUT2D eigenvalue weighted by atomic mass is 9.87. The lowest BCUT2D eigenvalue weighted by molar-refractivity contribution is 0.317. The van der Waals surface area contributed by atoms with Gasteiger partial charge >= 0.3 is 6.08 Å². The van der Waals surface area contributed by atoms with Crippen molar-refractivity contribution >= 4 is 21.9 Å². The molecule has 7 heteroatoms. The number of halogens is 4. The van der Waals surface area contributed by atoms with E-state index in [-0.39, 0.29) is 29.8 Å². The molecular weight excluding hydrogens is 412 g/mol. The van der Waals surface area contributed by atoms with Crippen molar-refractivity contribution in [2.24, 2.45) is 5.92 Å². The molecule has 1 aromatic heterocycles. The highest BCUT2D eigenvalue weighted by Crippen LogP contribution is 2.38. The second-order valence-electron chi connectivity index (χ2n) is 7.72. The minimum atomic E-state index is -2.11. The Balaban J connectivity index is 1.58. The van der Waals surface area contributed by atoms with E-state index in [1.807, 2.05) is 0 Å². The van der Waals surface area contributed by atoms with Gasteiger partial charge in [0.25, 0.3) is 0 Å². The Morgan fingerprint density at radius 1 is 1.06 bits per heavy atom. The van der Waals surface area contributed by atoms with Gasteiger partial charge in [0.05, 0.1) is 0 Å². The predicted molar refractivity (Wildman–Crippen MR) is 110 cm³/mol. The van der Waals surface area contributed by atoms with Crippen LogP contribution in [0.1, 0.15) is 39.0 Å². The number of ether oxygens (including phenoxy) is 2. The third kappa shape index (κ3) is 4.40. The quantitative estimate of drug-likeness (QED) is 0.215. The number of fused-ring (bicyclic) bond motifs is 3. The molecule has 2 aromatic carbocycles. The molecule has 0 N–H and O–H groups in total. The van der Waals surface area contributed by atoms with Gasteiger partial charge in [0.2, 0.25) is 11.6 Å². The summed E-state index contributed by atoms with van der Waals surface area (Å²) in [5.41, 5.74) is 0.710. The smallest absolute Gasteiger partial charge is 0.305 e. The number of hydrogen-bond donors (Lipinski definition) is 0. The lowest BCUT2D eigenvalue weighted by Gasteiger charge is -2.21. The van der Waals surface area contributed by atoms with Crippen molar-refractivity contribution in [2.75, 3.05) is 6.61 Å². The Hall–Kier alpha value is -2.96. The maximum atomic E-state index is 15.0. The van der Waals surface area contributed by atoms with E-state index < -0.39 is 23.5 Å². The minimum Gasteiger partial charge on any atom is -0.486 e. The van der Waals surface area contributed by atoms with Crippen LogP contribution in [-0.2, 0) is 0 Å². The van der Waals surface area contributed by atoms with Gasteiger partial charge in [-0.3, -0.25) is 0 Å². The molecule has 1 unspecified atom stereocenters. The van der Waals surface area contributed by atoms with Crippen LogP contribution < -0.4 is 9.47 Å². The molecule has 0 amide bonds. The van der Waals surface area contributed by atoms with Crippen LogP contribution in [0.25, 0.3) is 21.9 Å². The van der Waals surface area contributed by atoms with E-state index in [9.17, 15) is 13.2 Å². The van der Waals surface area contributed by atoms with E-state index in [2.05, 4.69) is 17.7 Å². The summed E-state index contributed by atoms with van der Waals surface area (Å²) in [7, 11) is 0. The first-order valence-electron chi connectivity index (χ1n) is 10.3. The molecule has 1 atom stereocenters. The summed E-state index contributed by atoms with van der Waals surface area (Å²) >= 11 is 0. The van der Waals surface area contributed by atoms with Crippen LogP contribution in [0.2, 0.25) is 0 Å². The van der Waals surface area contributed by atoms with Gasteiger partial charge in [-0.1, -0.05) is 25.8 Å². The van der Waals surface area contributed by atoms with Gasteiger partial charge in [0.1, 0.15) is 6.61 Å². The fraction of sp³-hybridized carbons (Fsp3) is 0.333. The summed E-state index contributed by atoms with van der Waals surface area (Å²) in [5, 5.41) is 0.670. The molecule has 164 valence electrons. The Morgan fingerprint density at radius 2 is 1.74 bits per heavy atom. The molecule has 3 nitrogen and oxygen atoms in total. The highest BCUT2D eigenvalue weighted by Gasteiger charge is 2.21. The molecule has 1 heterocycles. The van der Waals surface area contributed by atoms with E-state index in [1.54, 1.807) is 6.07 Å². The van der Waals surface area contributed by atoms with Gasteiger partial charge in [0, 0.05) is 10.8 Å². The number of hydrogen-bond acceptors (Lipinski definition) is 3. The Morgan fingerprint density at radius 3 is 2.35 bits per heavy atom. The molecule has 0 saturated heterocycles. The SMILES string of the molecule is CCCC1CC=C(COc2ccc3c(oc4c(F)c(OC=C(F)F)ccc43)c2F)CC1. The molecule has 0 bridgehead atoms. The van der Waals surface area contributed by atoms with Crippen LogP contribution in [0.3, 0.4) is 0 Å². The largest absolute Gasteiger partial charge is 0.486 e. The zero-order chi connectivity index (χ0) is 22.0. The third-order valence-corrected chi connectivity index (χ3v) is 5.62. The predicted octanol–water partition coefficient (Wildman–Crippen LogP) is 7.89. The summed E-state index contributed by atoms with van der Waals surface area (Å²) in [6.45, 7) is 2.47. The van der Waals surface area contributed by atoms with Crippen LogP contribution in [-0.4, -0.2) is 6.61 Å². The molecule has 0 spiro atoms. The van der Waals surface area contributed by atoms with Crippen molar-refractivity contribution < 1.29 is 31.5 Å². The summed E-state index contributed by atoms with van der Waals surface area (Å²) in [6.07, 6.45) is 5.64. The average molecular weight is 434 g/mol. The van der Waals surface area contributed by atoms with Gasteiger partial charge in [-0.25, -0.2) is 0 Å².